The predicted molar refractivity (Wildman–Crippen MR) is 237 cm³/mol. The average Bonchev–Trinajstić information content (AvgIpc) is 3.54. The number of hydrogen-bond donors (Lipinski definition) is 6. The Hall–Kier alpha value is -4.73. The number of methoxy groups -OCH3 is 1. The van der Waals surface area contributed by atoms with Crippen LogP contribution < -0.4 is 11.1 Å². The number of aliphatic hydroxyl groups excluding tert-OH is 3. The van der Waals surface area contributed by atoms with Crippen LogP contribution in [0, 0.1) is 23.2 Å². The van der Waals surface area contributed by atoms with Crippen LogP contribution in [0.1, 0.15) is 86.0 Å². The van der Waals surface area contributed by atoms with Gasteiger partial charge >= 0.3 is 5.97 Å². The number of hydrogen-bond acceptors (Lipinski definition) is 11. The molecule has 1 saturated heterocycles. The fourth-order valence-corrected chi connectivity index (χ4v) is 6.71. The van der Waals surface area contributed by atoms with Crippen molar-refractivity contribution in [3.8, 4) is 0 Å². The maximum Gasteiger partial charge on any atom is 0.337 e. The third kappa shape index (κ3) is 18.8. The van der Waals surface area contributed by atoms with Crippen LogP contribution in [0.2, 0.25) is 0 Å². The topological polar surface area (TPSA) is 222 Å². The van der Waals surface area contributed by atoms with E-state index in [1.165, 1.54) is 0 Å². The summed E-state index contributed by atoms with van der Waals surface area (Å²) in [5, 5.41) is 41.7. The van der Waals surface area contributed by atoms with Crippen LogP contribution in [-0.2, 0) is 33.4 Å². The molecule has 1 aliphatic heterocycles. The first-order valence-electron chi connectivity index (χ1n) is 21.2. The normalized spacial score (nSPS) is 24.2. The maximum absolute atomic E-state index is 12.3. The molecule has 0 aromatic heterocycles. The number of nitrogens with zero attached hydrogens (tertiary/aromatic N) is 1. The maximum atomic E-state index is 12.3. The second-order valence-electron chi connectivity index (χ2n) is 15.9. The van der Waals surface area contributed by atoms with Crippen LogP contribution in [0.25, 0.3) is 0 Å². The summed E-state index contributed by atoms with van der Waals surface area (Å²) in [4.78, 5) is 50.0. The highest BCUT2D eigenvalue weighted by molar-refractivity contribution is 6.15. The minimum absolute atomic E-state index is 0.0844. The molecule has 2 aliphatic rings. The molecular formula is C47H70N4O10. The van der Waals surface area contributed by atoms with Gasteiger partial charge in [-0.1, -0.05) is 106 Å². The number of esters is 1. The van der Waals surface area contributed by atoms with Crippen LogP contribution in [0.15, 0.2) is 96.2 Å². The minimum atomic E-state index is -1.70. The van der Waals surface area contributed by atoms with Crippen molar-refractivity contribution in [1.29, 1.82) is 5.41 Å². The number of carbonyl (C=O) groups is 4. The Morgan fingerprint density at radius 3 is 2.15 bits per heavy atom. The van der Waals surface area contributed by atoms with Gasteiger partial charge in [0.15, 0.2) is 29.9 Å². The van der Waals surface area contributed by atoms with E-state index in [1.54, 1.807) is 42.2 Å². The summed E-state index contributed by atoms with van der Waals surface area (Å²) < 4.78 is 16.7. The van der Waals surface area contributed by atoms with Gasteiger partial charge in [0.1, 0.15) is 24.4 Å². The van der Waals surface area contributed by atoms with E-state index in [-0.39, 0.29) is 42.2 Å². The Labute approximate surface area is 362 Å². The summed E-state index contributed by atoms with van der Waals surface area (Å²) in [6.45, 7) is 10.5. The Balaban J connectivity index is 2.03. The monoisotopic (exact) mass is 851 g/mol. The number of unbranched alkanes of at least 4 members (excludes halogenated alkanes) is 2. The largest absolute Gasteiger partial charge is 0.467 e. The number of nitrogens with two attached hydrogens (primary N) is 1. The number of ketones is 2. The van der Waals surface area contributed by atoms with Crippen molar-refractivity contribution in [3.63, 3.8) is 0 Å². The smallest absolute Gasteiger partial charge is 0.337 e. The lowest BCUT2D eigenvalue weighted by Gasteiger charge is -2.41. The van der Waals surface area contributed by atoms with Crippen molar-refractivity contribution in [2.45, 2.75) is 129 Å². The van der Waals surface area contributed by atoms with Crippen LogP contribution in [-0.4, -0.2) is 113 Å². The molecule has 7 N–H and O–H groups in total. The molecule has 2 rings (SSSR count). The highest BCUT2D eigenvalue weighted by Crippen LogP contribution is 2.29. The van der Waals surface area contributed by atoms with Gasteiger partial charge in [-0.15, -0.1) is 0 Å². The molecule has 1 aliphatic carbocycles. The number of Topliss-reactive ketones (excluding diaryl/α,β-unsaturated/α-hetero) is 2. The van der Waals surface area contributed by atoms with Crippen molar-refractivity contribution in [3.05, 3.63) is 96.2 Å². The number of guanidine groups is 1. The molecule has 9 unspecified atom stereocenters. The van der Waals surface area contributed by atoms with Crippen LogP contribution >= 0.6 is 0 Å². The molecule has 1 saturated carbocycles. The van der Waals surface area contributed by atoms with E-state index in [9.17, 15) is 34.5 Å². The number of amides is 1. The van der Waals surface area contributed by atoms with Gasteiger partial charge < -0.3 is 45.5 Å². The molecular weight excluding hydrogens is 781 g/mol. The van der Waals surface area contributed by atoms with Crippen molar-refractivity contribution in [1.82, 2.24) is 10.2 Å². The fraction of sp³-hybridized carbons (Fsp3) is 0.553. The Morgan fingerprint density at radius 1 is 0.885 bits per heavy atom. The van der Waals surface area contributed by atoms with E-state index in [4.69, 9.17) is 25.4 Å². The third-order valence-corrected chi connectivity index (χ3v) is 10.5. The van der Waals surface area contributed by atoms with E-state index in [0.717, 1.165) is 57.8 Å². The predicted octanol–water partition coefficient (Wildman–Crippen LogP) is 5.07. The van der Waals surface area contributed by atoms with Crippen molar-refractivity contribution in [2.75, 3.05) is 20.7 Å². The molecule has 0 aromatic rings. The van der Waals surface area contributed by atoms with Gasteiger partial charge in [-0.2, -0.15) is 0 Å². The van der Waals surface area contributed by atoms with E-state index in [1.807, 2.05) is 45.2 Å². The van der Waals surface area contributed by atoms with E-state index >= 15 is 0 Å². The second kappa shape index (κ2) is 28.0. The zero-order chi connectivity index (χ0) is 45.5. The number of rotatable bonds is 24. The molecule has 0 aromatic carbocycles. The van der Waals surface area contributed by atoms with Gasteiger partial charge in [0.2, 0.25) is 5.91 Å². The van der Waals surface area contributed by atoms with Crippen LogP contribution in [0.3, 0.4) is 0 Å². The van der Waals surface area contributed by atoms with Gasteiger partial charge in [0.05, 0.1) is 13.2 Å². The summed E-state index contributed by atoms with van der Waals surface area (Å²) in [6, 6.07) is -1.05. The summed E-state index contributed by atoms with van der Waals surface area (Å²) in [5.41, 5.74) is 6.71. The summed E-state index contributed by atoms with van der Waals surface area (Å²) in [6.07, 6.45) is 24.3. The lowest BCUT2D eigenvalue weighted by Crippen LogP contribution is -2.61. The van der Waals surface area contributed by atoms with Crippen LogP contribution in [0.5, 0.6) is 0 Å². The summed E-state index contributed by atoms with van der Waals surface area (Å²) in [5.74, 6) is -1.47. The molecule has 0 bridgehead atoms. The molecule has 0 spiro atoms. The number of nitrogens with one attached hydrogen (secondary N) is 2. The number of ether oxygens (including phenoxy) is 3. The standard InChI is InChI=1S/C47H70N4O10/c1-31(22-16-13-14-21-29-51(6)47(48)49)23-17-15-18-24-32(2)30-35(5)42(60-46-41(56)39(54)40(55)43(61-46)45(58)59-7)33(3)25-19-11-9-8-10-12-20-26-34(4)44(57)50-38-36(52)27-28-37(38)53/h8-13,16-17,19-20,23,25-26,30-33,38-43,46,54-56H,14-15,18,21-22,24,27-29H2,1-7H3,(H3,48,49)(H,50,57)/b10-8+,11-9+,16-13?,20-12?,23-17?,25-19?,34-26?,35-30?. The molecule has 14 nitrogen and oxygen atoms in total. The summed E-state index contributed by atoms with van der Waals surface area (Å²) >= 11 is 0. The van der Waals surface area contributed by atoms with Gasteiger partial charge in [-0.05, 0) is 69.8 Å². The zero-order valence-corrected chi connectivity index (χ0v) is 36.9. The van der Waals surface area contributed by atoms with Crippen molar-refractivity contribution < 1.29 is 48.7 Å². The third-order valence-electron chi connectivity index (χ3n) is 10.5. The van der Waals surface area contributed by atoms with E-state index < -0.39 is 54.7 Å². The SMILES string of the molecule is COC(=O)C1OC(OC(C(C)=CC(C)CCCC=CC(C)CC=CCCCN(C)C(=N)N)C(C)C=C/C=C/C=C/C=CC=C(C)C(=O)NC2C(=O)CCC2=O)C(O)C(O)C1O. The highest BCUT2D eigenvalue weighted by Gasteiger charge is 2.49. The first kappa shape index (κ1) is 52.4. The van der Waals surface area contributed by atoms with Crippen molar-refractivity contribution in [2.24, 2.45) is 23.5 Å². The molecule has 338 valence electrons. The van der Waals surface area contributed by atoms with Gasteiger partial charge in [0, 0.05) is 37.9 Å². The number of allylic oxidation sites excluding steroid dienone is 13. The quantitative estimate of drug-likeness (QED) is 0.0110. The van der Waals surface area contributed by atoms with Crippen molar-refractivity contribution >= 4 is 29.4 Å². The summed E-state index contributed by atoms with van der Waals surface area (Å²) in [7, 11) is 2.96. The Kier molecular flexibility index (Phi) is 24.0. The van der Waals surface area contributed by atoms with E-state index in [0.29, 0.717) is 11.5 Å². The minimum Gasteiger partial charge on any atom is -0.467 e. The van der Waals surface area contributed by atoms with E-state index in [2.05, 4.69) is 49.5 Å². The first-order valence-corrected chi connectivity index (χ1v) is 21.2. The number of aliphatic hydroxyl groups is 3. The lowest BCUT2D eigenvalue weighted by atomic mass is 9.92. The molecule has 1 amide bonds. The number of carbonyl (C=O) groups excluding carboxylic acids is 4. The van der Waals surface area contributed by atoms with Gasteiger partial charge in [-0.25, -0.2) is 4.79 Å². The zero-order valence-electron chi connectivity index (χ0n) is 36.9. The molecule has 2 fully saturated rings. The molecule has 61 heavy (non-hydrogen) atoms. The molecule has 9 atom stereocenters. The highest BCUT2D eigenvalue weighted by atomic mass is 16.7. The Morgan fingerprint density at radius 2 is 1.51 bits per heavy atom. The molecule has 0 radical (unpaired) electrons. The Bertz CT molecular complexity index is 1680. The lowest BCUT2D eigenvalue weighted by molar-refractivity contribution is -0.303. The molecule has 14 heteroatoms. The van der Waals surface area contributed by atoms with Gasteiger partial charge in [0.25, 0.3) is 0 Å². The fourth-order valence-electron chi connectivity index (χ4n) is 6.71. The average molecular weight is 851 g/mol. The van der Waals surface area contributed by atoms with Gasteiger partial charge in [-0.3, -0.25) is 19.8 Å². The van der Waals surface area contributed by atoms with Crippen LogP contribution in [0.4, 0.5) is 0 Å². The molecule has 1 heterocycles. The second-order valence-corrected chi connectivity index (χ2v) is 15.9. The first-order chi connectivity index (χ1) is 29.0.